The fourth-order valence-corrected chi connectivity index (χ4v) is 3.18. The van der Waals surface area contributed by atoms with Gasteiger partial charge in [-0.2, -0.15) is 0 Å². The lowest BCUT2D eigenvalue weighted by atomic mass is 9.97. The van der Waals surface area contributed by atoms with Gasteiger partial charge in [0.1, 0.15) is 11.6 Å². The largest absolute Gasteiger partial charge is 0.353 e. The van der Waals surface area contributed by atoms with Gasteiger partial charge < -0.3 is 10.2 Å². The minimum absolute atomic E-state index is 0.240. The molecule has 1 fully saturated rings. The van der Waals surface area contributed by atoms with Crippen LogP contribution in [0.1, 0.15) is 57.9 Å². The van der Waals surface area contributed by atoms with E-state index in [0.29, 0.717) is 12.6 Å². The molecule has 1 saturated heterocycles. The van der Waals surface area contributed by atoms with E-state index in [0.717, 1.165) is 30.9 Å². The number of halogens is 1. The van der Waals surface area contributed by atoms with Gasteiger partial charge in [-0.05, 0) is 44.7 Å². The number of nitrogens with zero attached hydrogens (tertiary/aromatic N) is 2. The van der Waals surface area contributed by atoms with E-state index in [-0.39, 0.29) is 5.82 Å². The van der Waals surface area contributed by atoms with E-state index < -0.39 is 0 Å². The Kier molecular flexibility index (Phi) is 6.43. The van der Waals surface area contributed by atoms with Gasteiger partial charge in [-0.1, -0.05) is 20.3 Å². The summed E-state index contributed by atoms with van der Waals surface area (Å²) in [5.74, 6) is 0.745. The standard InChI is InChI=1S/C17H28FN3/c1-3-7-16-8-5-6-10-21(16)17-14(12-19-9-4-2)11-15(18)13-20-17/h11,13,16,19H,3-10,12H2,1-2H3. The zero-order valence-corrected chi connectivity index (χ0v) is 13.4. The molecule has 1 unspecified atom stereocenters. The molecule has 1 atom stereocenters. The van der Waals surface area contributed by atoms with Crippen molar-refractivity contribution in [3.8, 4) is 0 Å². The van der Waals surface area contributed by atoms with Crippen molar-refractivity contribution in [2.24, 2.45) is 0 Å². The fraction of sp³-hybridized carbons (Fsp3) is 0.706. The predicted octanol–water partition coefficient (Wildman–Crippen LogP) is 3.88. The van der Waals surface area contributed by atoms with Crippen LogP contribution < -0.4 is 10.2 Å². The van der Waals surface area contributed by atoms with Crippen molar-refractivity contribution in [3.05, 3.63) is 23.6 Å². The van der Waals surface area contributed by atoms with Crippen molar-refractivity contribution in [1.29, 1.82) is 0 Å². The van der Waals surface area contributed by atoms with Gasteiger partial charge in [0, 0.05) is 24.7 Å². The highest BCUT2D eigenvalue weighted by molar-refractivity contribution is 5.48. The summed E-state index contributed by atoms with van der Waals surface area (Å²) < 4.78 is 13.6. The van der Waals surface area contributed by atoms with Crippen LogP contribution in [0.5, 0.6) is 0 Å². The van der Waals surface area contributed by atoms with Gasteiger partial charge in [0.2, 0.25) is 0 Å². The maximum atomic E-state index is 13.6. The van der Waals surface area contributed by atoms with Crippen LogP contribution in [0.3, 0.4) is 0 Å². The van der Waals surface area contributed by atoms with Crippen LogP contribution in [0.25, 0.3) is 0 Å². The number of piperidine rings is 1. The van der Waals surface area contributed by atoms with Gasteiger partial charge in [0.15, 0.2) is 0 Å². The van der Waals surface area contributed by atoms with Gasteiger partial charge >= 0.3 is 0 Å². The number of aromatic nitrogens is 1. The normalized spacial score (nSPS) is 19.0. The van der Waals surface area contributed by atoms with Crippen molar-refractivity contribution in [2.45, 2.75) is 65.0 Å². The molecule has 0 amide bonds. The Labute approximate surface area is 127 Å². The van der Waals surface area contributed by atoms with Gasteiger partial charge in [-0.25, -0.2) is 9.37 Å². The van der Waals surface area contributed by atoms with Crippen LogP contribution in [-0.2, 0) is 6.54 Å². The molecule has 2 rings (SSSR count). The molecule has 1 N–H and O–H groups in total. The lowest BCUT2D eigenvalue weighted by molar-refractivity contribution is 0.430. The molecule has 0 radical (unpaired) electrons. The van der Waals surface area contributed by atoms with Gasteiger partial charge in [-0.3, -0.25) is 0 Å². The van der Waals surface area contributed by atoms with Crippen LogP contribution in [0.2, 0.25) is 0 Å². The highest BCUT2D eigenvalue weighted by Gasteiger charge is 2.24. The first-order valence-corrected chi connectivity index (χ1v) is 8.38. The van der Waals surface area contributed by atoms with Crippen LogP contribution in [0.4, 0.5) is 10.2 Å². The predicted molar refractivity (Wildman–Crippen MR) is 86.1 cm³/mol. The Hall–Kier alpha value is -1.16. The van der Waals surface area contributed by atoms with E-state index in [4.69, 9.17) is 0 Å². The second-order valence-electron chi connectivity index (χ2n) is 5.94. The third-order valence-corrected chi connectivity index (χ3v) is 4.17. The molecule has 0 spiro atoms. The van der Waals surface area contributed by atoms with Crippen molar-refractivity contribution in [2.75, 3.05) is 18.0 Å². The van der Waals surface area contributed by atoms with Crippen LogP contribution in [-0.4, -0.2) is 24.1 Å². The molecule has 118 valence electrons. The smallest absolute Gasteiger partial charge is 0.141 e. The lowest BCUT2D eigenvalue weighted by Crippen LogP contribution is -2.41. The summed E-state index contributed by atoms with van der Waals surface area (Å²) in [6, 6.07) is 2.20. The molecule has 0 saturated carbocycles. The summed E-state index contributed by atoms with van der Waals surface area (Å²) in [4.78, 5) is 6.84. The average Bonchev–Trinajstić information content (AvgIpc) is 2.49. The first-order chi connectivity index (χ1) is 10.3. The summed E-state index contributed by atoms with van der Waals surface area (Å²) in [5, 5.41) is 3.37. The van der Waals surface area contributed by atoms with E-state index in [9.17, 15) is 4.39 Å². The van der Waals surface area contributed by atoms with Crippen molar-refractivity contribution in [3.63, 3.8) is 0 Å². The van der Waals surface area contributed by atoms with Gasteiger partial charge in [-0.15, -0.1) is 0 Å². The quantitative estimate of drug-likeness (QED) is 0.773. The Bertz CT molecular complexity index is 434. The maximum absolute atomic E-state index is 13.6. The molecular formula is C17H28FN3. The van der Waals surface area contributed by atoms with Gasteiger partial charge in [0.05, 0.1) is 6.20 Å². The number of nitrogens with one attached hydrogen (secondary N) is 1. The molecule has 0 aliphatic carbocycles. The lowest BCUT2D eigenvalue weighted by Gasteiger charge is -2.37. The number of rotatable bonds is 7. The molecule has 1 aliphatic rings. The Balaban J connectivity index is 2.19. The molecule has 3 nitrogen and oxygen atoms in total. The summed E-state index contributed by atoms with van der Waals surface area (Å²) in [6.07, 6.45) is 8.56. The van der Waals surface area contributed by atoms with Crippen molar-refractivity contribution >= 4 is 5.82 Å². The number of anilines is 1. The highest BCUT2D eigenvalue weighted by Crippen LogP contribution is 2.28. The van der Waals surface area contributed by atoms with Gasteiger partial charge in [0.25, 0.3) is 0 Å². The van der Waals surface area contributed by atoms with E-state index in [1.54, 1.807) is 6.07 Å². The Morgan fingerprint density at radius 2 is 2.19 bits per heavy atom. The zero-order valence-electron chi connectivity index (χ0n) is 13.4. The van der Waals surface area contributed by atoms with E-state index in [1.807, 2.05) is 0 Å². The molecular weight excluding hydrogens is 265 g/mol. The van der Waals surface area contributed by atoms with E-state index in [1.165, 1.54) is 38.3 Å². The number of pyridine rings is 1. The minimum Gasteiger partial charge on any atom is -0.353 e. The first kappa shape index (κ1) is 16.2. The monoisotopic (exact) mass is 293 g/mol. The molecule has 4 heteroatoms. The van der Waals surface area contributed by atoms with Crippen molar-refractivity contribution < 1.29 is 4.39 Å². The van der Waals surface area contributed by atoms with Crippen LogP contribution in [0.15, 0.2) is 12.3 Å². The van der Waals surface area contributed by atoms with Crippen LogP contribution in [0, 0.1) is 5.82 Å². The molecule has 21 heavy (non-hydrogen) atoms. The fourth-order valence-electron chi connectivity index (χ4n) is 3.18. The second-order valence-corrected chi connectivity index (χ2v) is 5.94. The Morgan fingerprint density at radius 3 is 2.95 bits per heavy atom. The summed E-state index contributed by atoms with van der Waals surface area (Å²) >= 11 is 0. The van der Waals surface area contributed by atoms with E-state index >= 15 is 0 Å². The first-order valence-electron chi connectivity index (χ1n) is 8.38. The maximum Gasteiger partial charge on any atom is 0.141 e. The molecule has 1 aliphatic heterocycles. The topological polar surface area (TPSA) is 28.2 Å². The zero-order chi connectivity index (χ0) is 15.1. The van der Waals surface area contributed by atoms with Crippen LogP contribution >= 0.6 is 0 Å². The molecule has 0 aromatic carbocycles. The molecule has 1 aromatic heterocycles. The highest BCUT2D eigenvalue weighted by atomic mass is 19.1. The summed E-state index contributed by atoms with van der Waals surface area (Å²) in [6.45, 7) is 7.07. The number of hydrogen-bond acceptors (Lipinski definition) is 3. The minimum atomic E-state index is -0.240. The Morgan fingerprint density at radius 1 is 1.33 bits per heavy atom. The molecule has 2 heterocycles. The summed E-state index contributed by atoms with van der Waals surface area (Å²) in [5.41, 5.74) is 0.992. The average molecular weight is 293 g/mol. The van der Waals surface area contributed by atoms with Crippen molar-refractivity contribution in [1.82, 2.24) is 10.3 Å². The number of hydrogen-bond donors (Lipinski definition) is 1. The third-order valence-electron chi connectivity index (χ3n) is 4.17. The van der Waals surface area contributed by atoms with E-state index in [2.05, 4.69) is 29.0 Å². The molecule has 1 aromatic rings. The second kappa shape index (κ2) is 8.32. The SMILES string of the molecule is CCCNCc1cc(F)cnc1N1CCCCC1CCC. The molecule has 0 bridgehead atoms. The summed E-state index contributed by atoms with van der Waals surface area (Å²) in [7, 11) is 0. The third kappa shape index (κ3) is 4.40.